The van der Waals surface area contributed by atoms with Crippen molar-refractivity contribution in [1.29, 1.82) is 0 Å². The third-order valence-electron chi connectivity index (χ3n) is 2.23. The fraction of sp³-hybridized carbons (Fsp3) is 0.500. The number of benzene rings is 1. The van der Waals surface area contributed by atoms with Crippen molar-refractivity contribution in [3.05, 3.63) is 29.3 Å². The van der Waals surface area contributed by atoms with E-state index in [1.54, 1.807) is 0 Å². The van der Waals surface area contributed by atoms with Gasteiger partial charge in [-0.3, -0.25) is 0 Å². The summed E-state index contributed by atoms with van der Waals surface area (Å²) >= 11 is 0. The molecule has 0 fully saturated rings. The van der Waals surface area contributed by atoms with Crippen LogP contribution in [0.1, 0.15) is 50.7 Å². The van der Waals surface area contributed by atoms with E-state index in [0.717, 1.165) is 11.1 Å². The average Bonchev–Trinajstić information content (AvgIpc) is 2.03. The van der Waals surface area contributed by atoms with E-state index in [4.69, 9.17) is 0 Å². The Kier molecular flexibility index (Phi) is 2.97. The predicted molar refractivity (Wildman–Crippen MR) is 55.1 cm³/mol. The van der Waals surface area contributed by atoms with Crippen molar-refractivity contribution in [2.75, 3.05) is 0 Å². The van der Waals surface area contributed by atoms with Crippen molar-refractivity contribution < 1.29 is 5.11 Å². The Hall–Kier alpha value is -0.980. The molecule has 71 valence electrons. The molecular formula is C12H17O. The molecule has 1 aromatic carbocycles. The van der Waals surface area contributed by atoms with Gasteiger partial charge in [-0.25, -0.2) is 0 Å². The van der Waals surface area contributed by atoms with Gasteiger partial charge in [0.15, 0.2) is 0 Å². The van der Waals surface area contributed by atoms with Crippen molar-refractivity contribution in [3.8, 4) is 5.75 Å². The molecule has 1 N–H and O–H groups in total. The molecule has 0 amide bonds. The Balaban J connectivity index is 3.18. The summed E-state index contributed by atoms with van der Waals surface area (Å²) in [4.78, 5) is 0. The molecule has 0 aliphatic rings. The van der Waals surface area contributed by atoms with Crippen LogP contribution in [0.25, 0.3) is 0 Å². The lowest BCUT2D eigenvalue weighted by atomic mass is 9.94. The average molecular weight is 177 g/mol. The summed E-state index contributed by atoms with van der Waals surface area (Å²) in [6, 6.07) is 6.91. The van der Waals surface area contributed by atoms with Gasteiger partial charge in [0.1, 0.15) is 5.75 Å². The monoisotopic (exact) mass is 177 g/mol. The van der Waals surface area contributed by atoms with E-state index >= 15 is 0 Å². The first kappa shape index (κ1) is 10.1. The van der Waals surface area contributed by atoms with E-state index in [-0.39, 0.29) is 0 Å². The first-order valence-electron chi connectivity index (χ1n) is 4.77. The summed E-state index contributed by atoms with van der Waals surface area (Å²) < 4.78 is 0. The Morgan fingerprint density at radius 1 is 1.15 bits per heavy atom. The maximum atomic E-state index is 9.90. The van der Waals surface area contributed by atoms with Gasteiger partial charge >= 0.3 is 0 Å². The minimum absolute atomic E-state index is 0.332. The van der Waals surface area contributed by atoms with Gasteiger partial charge in [0.2, 0.25) is 0 Å². The van der Waals surface area contributed by atoms with E-state index in [1.807, 2.05) is 12.1 Å². The second kappa shape index (κ2) is 3.82. The highest BCUT2D eigenvalue weighted by molar-refractivity contribution is 5.42. The van der Waals surface area contributed by atoms with Gasteiger partial charge < -0.3 is 5.11 Å². The molecule has 0 bridgehead atoms. The van der Waals surface area contributed by atoms with Gasteiger partial charge in [0.25, 0.3) is 0 Å². The number of phenols is 1. The molecule has 1 nitrogen and oxygen atoms in total. The lowest BCUT2D eigenvalue weighted by molar-refractivity contribution is 0.454. The molecule has 13 heavy (non-hydrogen) atoms. The maximum Gasteiger partial charge on any atom is 0.123 e. The normalized spacial score (nSPS) is 11.2. The summed E-state index contributed by atoms with van der Waals surface area (Å²) in [5.74, 6) is 1.12. The summed E-state index contributed by atoms with van der Waals surface area (Å²) in [5, 5.41) is 9.90. The lowest BCUT2D eigenvalue weighted by Crippen LogP contribution is -1.94. The smallest absolute Gasteiger partial charge is 0.123 e. The highest BCUT2D eigenvalue weighted by Crippen LogP contribution is 2.32. The van der Waals surface area contributed by atoms with Crippen molar-refractivity contribution in [2.45, 2.75) is 39.5 Å². The molecule has 1 heteroatoms. The molecule has 0 aliphatic heterocycles. The highest BCUT2D eigenvalue weighted by atomic mass is 16.3. The molecule has 0 spiro atoms. The van der Waals surface area contributed by atoms with Crippen molar-refractivity contribution in [2.24, 2.45) is 0 Å². The minimum Gasteiger partial charge on any atom is -0.507 e. The summed E-state index contributed by atoms with van der Waals surface area (Å²) in [7, 11) is 0. The number of hydrogen-bond acceptors (Lipinski definition) is 1. The van der Waals surface area contributed by atoms with Gasteiger partial charge in [-0.2, -0.15) is 0 Å². The first-order chi connectivity index (χ1) is 6.04. The highest BCUT2D eigenvalue weighted by Gasteiger charge is 2.11. The van der Waals surface area contributed by atoms with Crippen LogP contribution in [0.5, 0.6) is 5.75 Å². The topological polar surface area (TPSA) is 20.2 Å². The Labute approximate surface area is 80.4 Å². The molecule has 0 unspecified atom stereocenters. The Bertz CT molecular complexity index is 261. The van der Waals surface area contributed by atoms with Crippen LogP contribution in [0, 0.1) is 6.07 Å². The molecule has 0 saturated carbocycles. The van der Waals surface area contributed by atoms with E-state index in [1.165, 1.54) is 0 Å². The summed E-state index contributed by atoms with van der Waals surface area (Å²) in [5.41, 5.74) is 1.94. The zero-order chi connectivity index (χ0) is 10.0. The van der Waals surface area contributed by atoms with Crippen molar-refractivity contribution >= 4 is 0 Å². The molecule has 0 saturated heterocycles. The van der Waals surface area contributed by atoms with Crippen molar-refractivity contribution in [3.63, 3.8) is 0 Å². The van der Waals surface area contributed by atoms with Crippen LogP contribution < -0.4 is 0 Å². The lowest BCUT2D eigenvalue weighted by Gasteiger charge is -2.13. The fourth-order valence-electron chi connectivity index (χ4n) is 1.43. The zero-order valence-corrected chi connectivity index (χ0v) is 8.76. The van der Waals surface area contributed by atoms with Crippen LogP contribution in [-0.2, 0) is 0 Å². The third-order valence-corrected chi connectivity index (χ3v) is 2.23. The molecule has 0 aromatic heterocycles. The standard InChI is InChI=1S/C12H17O/c1-8(2)10-6-5-7-11(9(3)4)12(10)13/h5-6,8-9,13H,1-4H3. The van der Waals surface area contributed by atoms with E-state index in [0.29, 0.717) is 17.6 Å². The maximum absolute atomic E-state index is 9.90. The van der Waals surface area contributed by atoms with Crippen LogP contribution in [0.15, 0.2) is 12.1 Å². The molecule has 0 atom stereocenters. The largest absolute Gasteiger partial charge is 0.507 e. The fourth-order valence-corrected chi connectivity index (χ4v) is 1.43. The molecule has 0 aliphatic carbocycles. The number of aromatic hydroxyl groups is 1. The molecule has 1 radical (unpaired) electrons. The first-order valence-corrected chi connectivity index (χ1v) is 4.77. The molecular weight excluding hydrogens is 160 g/mol. The quantitative estimate of drug-likeness (QED) is 0.733. The van der Waals surface area contributed by atoms with Gasteiger partial charge in [0, 0.05) is 5.56 Å². The van der Waals surface area contributed by atoms with Gasteiger partial charge in [-0.1, -0.05) is 39.8 Å². The van der Waals surface area contributed by atoms with E-state index in [9.17, 15) is 5.11 Å². The summed E-state index contributed by atoms with van der Waals surface area (Å²) in [6.07, 6.45) is 0. The van der Waals surface area contributed by atoms with Crippen molar-refractivity contribution in [1.82, 2.24) is 0 Å². The minimum atomic E-state index is 0.332. The number of hydrogen-bond donors (Lipinski definition) is 1. The molecule has 1 aromatic rings. The second-order valence-electron chi connectivity index (χ2n) is 4.00. The number of phenolic OH excluding ortho intramolecular Hbond substituents is 1. The van der Waals surface area contributed by atoms with E-state index < -0.39 is 0 Å². The van der Waals surface area contributed by atoms with Gasteiger partial charge in [-0.05, 0) is 23.5 Å². The van der Waals surface area contributed by atoms with Gasteiger partial charge in [0.05, 0.1) is 0 Å². The van der Waals surface area contributed by atoms with Crippen LogP contribution >= 0.6 is 0 Å². The van der Waals surface area contributed by atoms with Gasteiger partial charge in [-0.15, -0.1) is 0 Å². The zero-order valence-electron chi connectivity index (χ0n) is 8.76. The van der Waals surface area contributed by atoms with Crippen LogP contribution in [0.3, 0.4) is 0 Å². The SMILES string of the molecule is CC(C)c1[c]ccc(C(C)C)c1O. The summed E-state index contributed by atoms with van der Waals surface area (Å²) in [6.45, 7) is 8.30. The Morgan fingerprint density at radius 3 is 2.23 bits per heavy atom. The van der Waals surface area contributed by atoms with Crippen LogP contribution in [0.2, 0.25) is 0 Å². The van der Waals surface area contributed by atoms with Crippen LogP contribution in [-0.4, -0.2) is 5.11 Å². The number of rotatable bonds is 2. The van der Waals surface area contributed by atoms with E-state index in [2.05, 4.69) is 33.8 Å². The van der Waals surface area contributed by atoms with Crippen LogP contribution in [0.4, 0.5) is 0 Å². The predicted octanol–water partition coefficient (Wildman–Crippen LogP) is 3.44. The second-order valence-corrected chi connectivity index (χ2v) is 4.00. The Morgan fingerprint density at radius 2 is 1.77 bits per heavy atom. The third kappa shape index (κ3) is 2.03. The molecule has 0 heterocycles. The molecule has 1 rings (SSSR count).